The first-order valence-electron chi connectivity index (χ1n) is 27.3. The zero-order valence-corrected chi connectivity index (χ0v) is 45.3. The van der Waals surface area contributed by atoms with Crippen LogP contribution in [-0.4, -0.2) is 238 Å². The molecule has 6 amide bonds. The largest absolute Gasteiger partial charge is 0.507 e. The lowest BCUT2D eigenvalue weighted by molar-refractivity contribution is -0.301. The van der Waals surface area contributed by atoms with Crippen molar-refractivity contribution in [3.63, 3.8) is 0 Å². The van der Waals surface area contributed by atoms with Crippen molar-refractivity contribution in [1.29, 1.82) is 0 Å². The van der Waals surface area contributed by atoms with Crippen LogP contribution in [0.2, 0.25) is 0 Å². The van der Waals surface area contributed by atoms with Gasteiger partial charge in [0.1, 0.15) is 72.0 Å². The third-order valence-corrected chi connectivity index (χ3v) is 15.8. The van der Waals surface area contributed by atoms with E-state index in [4.69, 9.17) is 39.3 Å². The van der Waals surface area contributed by atoms with Gasteiger partial charge in [-0.25, -0.2) is 0 Å². The molecule has 2 aromatic rings. The van der Waals surface area contributed by atoms with Crippen molar-refractivity contribution in [3.8, 4) is 17.2 Å². The van der Waals surface area contributed by atoms with E-state index in [0.717, 1.165) is 0 Å². The molecular weight excluding hydrogens is 1090 g/mol. The molecule has 0 aromatic heterocycles. The van der Waals surface area contributed by atoms with Crippen LogP contribution in [-0.2, 0) is 68.3 Å². The number of ether oxygens (including phenoxy) is 8. The molecule has 0 spiro atoms. The van der Waals surface area contributed by atoms with Gasteiger partial charge in [-0.3, -0.25) is 48.2 Å². The van der Waals surface area contributed by atoms with Gasteiger partial charge in [0.2, 0.25) is 35.3 Å². The van der Waals surface area contributed by atoms with Crippen molar-refractivity contribution in [2.45, 2.75) is 144 Å². The normalized spacial score (nSPS) is 32.4. The molecule has 5 aliphatic heterocycles. The second-order valence-electron chi connectivity index (χ2n) is 21.3. The van der Waals surface area contributed by atoms with Gasteiger partial charge in [0.15, 0.2) is 30.9 Å². The highest BCUT2D eigenvalue weighted by atomic mass is 16.7. The number of nitrogens with one attached hydrogen (secondary N) is 4. The van der Waals surface area contributed by atoms with Gasteiger partial charge in [-0.2, -0.15) is 0 Å². The molecule has 0 bridgehead atoms. The number of hydrogen-bond donors (Lipinski definition) is 11. The summed E-state index contributed by atoms with van der Waals surface area (Å²) in [6.45, 7) is 2.26. The van der Waals surface area contributed by atoms with E-state index in [1.807, 2.05) is 0 Å². The van der Waals surface area contributed by atoms with E-state index in [-0.39, 0.29) is 40.5 Å². The molecule has 7 aliphatic rings. The fraction of sp³-hybridized carbons (Fsp3) is 0.623. The smallest absolute Gasteiger partial charge is 0.252 e. The number of nitrogens with zero attached hydrogens (tertiary/aromatic N) is 2. The third-order valence-electron chi connectivity index (χ3n) is 15.8. The van der Waals surface area contributed by atoms with Crippen molar-refractivity contribution in [1.82, 2.24) is 31.1 Å². The molecule has 2 aliphatic carbocycles. The number of hydrogen-bond acceptors (Lipinski definition) is 24. The van der Waals surface area contributed by atoms with Crippen LogP contribution in [0.25, 0.3) is 0 Å². The fourth-order valence-corrected chi connectivity index (χ4v) is 11.6. The number of aromatic hydroxyl groups is 2. The maximum atomic E-state index is 14.4. The molecule has 29 heteroatoms. The monoisotopic (exact) mass is 1160 g/mol. The number of methoxy groups -OCH3 is 2. The number of phenols is 2. The number of likely N-dealkylation sites (tertiary alicyclic amines) is 1. The lowest BCUT2D eigenvalue weighted by Gasteiger charge is -2.43. The van der Waals surface area contributed by atoms with Gasteiger partial charge in [0, 0.05) is 82.9 Å². The topological polar surface area (TPSA) is 407 Å². The highest BCUT2D eigenvalue weighted by Gasteiger charge is 2.56. The van der Waals surface area contributed by atoms with Crippen LogP contribution < -0.4 is 26.0 Å². The van der Waals surface area contributed by atoms with Crippen molar-refractivity contribution in [2.75, 3.05) is 60.2 Å². The zero-order valence-electron chi connectivity index (χ0n) is 46.3. The van der Waals surface area contributed by atoms with Gasteiger partial charge in [-0.1, -0.05) is 26.0 Å². The number of benzene rings is 2. The SMILES string of the molecule is [3H]C1CC(=O)N(CC(=O)N[C@H](C(=O)N[C@@H](CO[C@@H]2O[C@H](CO)[C@@H](O)[C@H](O)[C@H]2O)C(=O)NCCNC(=O)[C@]2(O)Cc3c(O)c4c(c(O)c3[C@@H](O[C@H]3C[C@H]5[C@H](O[C@@H]6[C@@H](OC)OCCN65)[C@H](C)O3)C2)C(=O)c2c(OC)cccc2C4=O)C(C)C)C1=O. The van der Waals surface area contributed by atoms with Crippen molar-refractivity contribution >= 4 is 47.0 Å². The summed E-state index contributed by atoms with van der Waals surface area (Å²) in [5.74, 6) is -9.68. The number of imide groups is 1. The van der Waals surface area contributed by atoms with Crippen molar-refractivity contribution < 1.29 is 113 Å². The lowest BCUT2D eigenvalue weighted by atomic mass is 9.72. The number of carbonyl (C=O) groups excluding carboxylic acids is 8. The van der Waals surface area contributed by atoms with Crippen LogP contribution in [0.5, 0.6) is 17.2 Å². The lowest BCUT2D eigenvalue weighted by Crippen LogP contribution is -2.61. The summed E-state index contributed by atoms with van der Waals surface area (Å²) in [5.41, 5.74) is -4.48. The summed E-state index contributed by atoms with van der Waals surface area (Å²) in [4.78, 5) is 111. The molecule has 448 valence electrons. The summed E-state index contributed by atoms with van der Waals surface area (Å²) < 4.78 is 54.7. The molecule has 2 aromatic carbocycles. The fourth-order valence-electron chi connectivity index (χ4n) is 11.6. The number of morpholine rings is 1. The predicted molar refractivity (Wildman–Crippen MR) is 272 cm³/mol. The summed E-state index contributed by atoms with van der Waals surface area (Å²) >= 11 is 0. The van der Waals surface area contributed by atoms with E-state index in [9.17, 15) is 74.1 Å². The van der Waals surface area contributed by atoms with Gasteiger partial charge < -0.3 is 94.9 Å². The maximum Gasteiger partial charge on any atom is 0.252 e. The predicted octanol–water partition coefficient (Wildman–Crippen LogP) is -4.03. The van der Waals surface area contributed by atoms with Gasteiger partial charge >= 0.3 is 0 Å². The number of phenolic OH excluding ortho intramolecular Hbond substituents is 2. The Morgan fingerprint density at radius 1 is 0.890 bits per heavy atom. The number of aliphatic hydroxyl groups is 5. The minimum Gasteiger partial charge on any atom is -0.507 e. The number of carbonyl (C=O) groups is 8. The van der Waals surface area contributed by atoms with Crippen LogP contribution in [0.15, 0.2) is 18.2 Å². The van der Waals surface area contributed by atoms with E-state index < -0.39 is 220 Å². The van der Waals surface area contributed by atoms with E-state index in [1.54, 1.807) is 6.92 Å². The molecule has 9 rings (SSSR count). The number of fused-ring (bicyclic) bond motifs is 6. The van der Waals surface area contributed by atoms with Crippen molar-refractivity contribution in [2.24, 2.45) is 5.92 Å². The van der Waals surface area contributed by atoms with E-state index in [0.29, 0.717) is 18.1 Å². The maximum absolute atomic E-state index is 14.4. The first kappa shape index (κ1) is 58.9. The van der Waals surface area contributed by atoms with Crippen LogP contribution >= 0.6 is 0 Å². The summed E-state index contributed by atoms with van der Waals surface area (Å²) in [5, 5.41) is 87.7. The molecule has 29 nitrogen and oxygen atoms in total. The third kappa shape index (κ3) is 11.4. The molecule has 1 unspecified atom stereocenters. The van der Waals surface area contributed by atoms with Crippen LogP contribution in [0, 0.1) is 5.92 Å². The molecule has 5 fully saturated rings. The van der Waals surface area contributed by atoms with Crippen LogP contribution in [0.4, 0.5) is 0 Å². The number of ketones is 2. The van der Waals surface area contributed by atoms with Gasteiger partial charge in [0.25, 0.3) is 5.91 Å². The molecule has 0 radical (unpaired) electrons. The Bertz CT molecular complexity index is 2900. The first-order chi connectivity index (χ1) is 39.4. The molecule has 5 heterocycles. The quantitative estimate of drug-likeness (QED) is 0.0309. The highest BCUT2D eigenvalue weighted by Crippen LogP contribution is 2.53. The Labute approximate surface area is 469 Å². The first-order valence-corrected chi connectivity index (χ1v) is 26.7. The summed E-state index contributed by atoms with van der Waals surface area (Å²) in [7, 11) is 2.78. The Morgan fingerprint density at radius 3 is 2.30 bits per heavy atom. The Hall–Kier alpha value is -6.32. The molecular formula is C53H68N6O23. The number of amides is 6. The highest BCUT2D eigenvalue weighted by molar-refractivity contribution is 6.31. The average molecular weight is 1160 g/mol. The number of rotatable bonds is 19. The molecule has 11 N–H and O–H groups in total. The van der Waals surface area contributed by atoms with Gasteiger partial charge in [-0.15, -0.1) is 0 Å². The second kappa shape index (κ2) is 24.5. The molecule has 16 atom stereocenters. The summed E-state index contributed by atoms with van der Waals surface area (Å²) in [6.07, 6.45) is -16.9. The standard InChI is InChI=1S/C53H68N6O23/c1-21(2)38(57-30(61)18-59-31(62)9-10-32(59)63)48(72)56-25(20-78-50-45(70)44(69)41(66)29(19-60)81-50)47(71)54-11-12-55-52(73)53(74)16-24-35(43(68)37-36(40(24)65)39(64)23-7-6-8-27(75-4)34(23)42(37)67)28(17-53)80-33-15-26-46(22(3)79-33)82-49-51(76-5)77-14-13-58(26)49/h6-8,21-22,25-26,28-29,33,38,41,44-46,49-51,60,65-66,68-70,74H,9-20H2,1-5H3,(H,54,71)(H,55,73)(H,56,72)(H,57,61)/t22-,25-,26-,28-,29+,33-,38-,41+,44-,45+,46+,49+,50+,51-,53-/m0/s1/i9T/t9?,22-,25-,26-,28-,29+,33-,38-,41+,44-,45+,46+,49+,50+,51-,53-. The second-order valence-corrected chi connectivity index (χ2v) is 21.3. The minimum atomic E-state index is -2.52. The van der Waals surface area contributed by atoms with Gasteiger partial charge in [0.05, 0.1) is 55.8 Å². The Kier molecular flexibility index (Phi) is 17.6. The van der Waals surface area contributed by atoms with Crippen LogP contribution in [0.3, 0.4) is 0 Å². The van der Waals surface area contributed by atoms with Crippen LogP contribution in [0.1, 0.15) is 96.9 Å². The Morgan fingerprint density at radius 2 is 1.62 bits per heavy atom. The van der Waals surface area contributed by atoms with E-state index >= 15 is 0 Å². The minimum absolute atomic E-state index is 0.0224. The number of aliphatic hydroxyl groups excluding tert-OH is 4. The molecule has 5 saturated heterocycles. The average Bonchev–Trinajstić information content (AvgIpc) is 1.63. The van der Waals surface area contributed by atoms with Gasteiger partial charge in [-0.05, 0) is 18.9 Å². The zero-order chi connectivity index (χ0) is 60.1. The molecule has 0 saturated carbocycles. The van der Waals surface area contributed by atoms with E-state index in [1.165, 1.54) is 46.3 Å². The van der Waals surface area contributed by atoms with E-state index in [2.05, 4.69) is 26.2 Å². The molecule has 82 heavy (non-hydrogen) atoms. The summed E-state index contributed by atoms with van der Waals surface area (Å²) in [6, 6.07) is 0.770. The van der Waals surface area contributed by atoms with Crippen molar-refractivity contribution in [3.05, 3.63) is 51.6 Å². The Balaban J connectivity index is 0.934.